The van der Waals surface area contributed by atoms with E-state index in [1.807, 2.05) is 0 Å². The van der Waals surface area contributed by atoms with E-state index in [1.54, 1.807) is 6.92 Å². The highest BCUT2D eigenvalue weighted by Crippen LogP contribution is 2.69. The second-order valence-electron chi connectivity index (χ2n) is 15.4. The molecule has 5 atom stereocenters. The summed E-state index contributed by atoms with van der Waals surface area (Å²) in [5.41, 5.74) is 1.73. The van der Waals surface area contributed by atoms with Gasteiger partial charge in [-0.3, -0.25) is 14.2 Å². The number of benzene rings is 2. The number of carbonyl (C=O) groups is 1. The predicted molar refractivity (Wildman–Crippen MR) is 205 cm³/mol. The molecule has 1 saturated heterocycles. The molecule has 0 spiro atoms. The van der Waals surface area contributed by atoms with Gasteiger partial charge >= 0.3 is 6.18 Å². The van der Waals surface area contributed by atoms with E-state index < -0.39 is 92.4 Å². The van der Waals surface area contributed by atoms with Crippen molar-refractivity contribution in [2.45, 2.75) is 55.3 Å². The molecule has 3 aromatic heterocycles. The average Bonchev–Trinajstić information content (AvgIpc) is 3.67. The van der Waals surface area contributed by atoms with Crippen LogP contribution < -0.4 is 15.8 Å². The number of nitrogens with zero attached hydrogens (tertiary/aromatic N) is 5. The molecule has 60 heavy (non-hydrogen) atoms. The number of rotatable bonds is 9. The topological polar surface area (TPSA) is 159 Å². The highest BCUT2D eigenvalue weighted by atomic mass is 35.5. The molecule has 3 aliphatic rings. The van der Waals surface area contributed by atoms with Gasteiger partial charge in [0.25, 0.3) is 5.92 Å². The summed E-state index contributed by atoms with van der Waals surface area (Å²) in [5.74, 6) is -5.95. The molecule has 8 rings (SSSR count). The highest BCUT2D eigenvalue weighted by Gasteiger charge is 2.69. The van der Waals surface area contributed by atoms with E-state index in [0.29, 0.717) is 30.4 Å². The Bertz CT molecular complexity index is 2760. The summed E-state index contributed by atoms with van der Waals surface area (Å²) >= 11 is 6.62. The molecule has 12 nitrogen and oxygen atoms in total. The Kier molecular flexibility index (Phi) is 10.00. The second-order valence-corrected chi connectivity index (χ2v) is 17.5. The van der Waals surface area contributed by atoms with Gasteiger partial charge in [0.1, 0.15) is 34.7 Å². The number of alkyl halides is 5. The number of sulfonamides is 1. The number of primary amides is 1. The Morgan fingerprint density at radius 1 is 1.13 bits per heavy atom. The number of hydrogen-bond donors (Lipinski definition) is 3. The van der Waals surface area contributed by atoms with Crippen LogP contribution >= 0.6 is 11.6 Å². The lowest BCUT2D eigenvalue weighted by atomic mass is 9.84. The second kappa shape index (κ2) is 14.5. The van der Waals surface area contributed by atoms with Crippen molar-refractivity contribution >= 4 is 44.3 Å². The van der Waals surface area contributed by atoms with Crippen molar-refractivity contribution in [2.24, 2.45) is 18.7 Å². The summed E-state index contributed by atoms with van der Waals surface area (Å²) < 4.78 is 140. The van der Waals surface area contributed by atoms with Gasteiger partial charge in [0.15, 0.2) is 11.5 Å². The lowest BCUT2D eigenvalue weighted by molar-refractivity contribution is -0.142. The van der Waals surface area contributed by atoms with Crippen LogP contribution in [-0.4, -0.2) is 70.4 Å². The van der Waals surface area contributed by atoms with Gasteiger partial charge in [-0.25, -0.2) is 26.9 Å². The van der Waals surface area contributed by atoms with E-state index >= 15 is 8.78 Å². The number of ether oxygens (including phenoxy) is 1. The number of halogens is 8. The van der Waals surface area contributed by atoms with Crippen molar-refractivity contribution in [2.75, 3.05) is 30.7 Å². The normalized spacial score (nSPS) is 21.8. The number of carbonyl (C=O) groups excluding carboxylic acids is 1. The molecule has 0 bridgehead atoms. The molecule has 1 unspecified atom stereocenters. The zero-order valence-corrected chi connectivity index (χ0v) is 33.3. The fourth-order valence-corrected chi connectivity index (χ4v) is 9.10. The number of nitrogens with one attached hydrogen (secondary N) is 2. The number of aromatic nitrogens is 5. The van der Waals surface area contributed by atoms with Gasteiger partial charge in [-0.1, -0.05) is 23.6 Å². The highest BCUT2D eigenvalue weighted by molar-refractivity contribution is 7.92. The lowest BCUT2D eigenvalue weighted by Crippen LogP contribution is -2.46. The van der Waals surface area contributed by atoms with Crippen molar-refractivity contribution in [3.63, 3.8) is 0 Å². The van der Waals surface area contributed by atoms with Crippen molar-refractivity contribution in [3.8, 4) is 23.0 Å². The van der Waals surface area contributed by atoms with Crippen LogP contribution in [0.4, 0.5) is 36.6 Å². The Labute approximate surface area is 342 Å². The standard InChI is InChI=1S/C39H34ClF7N8O4S/c1-37(17-49-10-11-59-37)9-8-21-4-5-22(23-6-7-27(40)29-31(23)54(2)52-36(29)53-60(3,57)58)30(50-21)25(14-18-12-19(41)15-20(42)13-18)32(35(48)56)55-34-28(33(51-55)39(45,46)47)24-16-26(24)38(34,43)44/h4-7,12-13,15,24-26,32,49H,10-11,14,16-17H2,1-3H3,(H2,48,56)(H,52,53)/t24-,25+,26+,32?,37+/m0/s1. The number of nitrogens with two attached hydrogens (primary N) is 1. The van der Waals surface area contributed by atoms with Crippen molar-refractivity contribution in [1.29, 1.82) is 0 Å². The van der Waals surface area contributed by atoms with E-state index in [-0.39, 0.29) is 56.2 Å². The van der Waals surface area contributed by atoms with Gasteiger partial charge in [0, 0.05) is 54.7 Å². The van der Waals surface area contributed by atoms with Gasteiger partial charge in [0.05, 0.1) is 34.5 Å². The minimum atomic E-state index is -5.22. The molecule has 2 aromatic carbocycles. The summed E-state index contributed by atoms with van der Waals surface area (Å²) in [6.45, 7) is 2.97. The van der Waals surface area contributed by atoms with Crippen LogP contribution in [0.5, 0.6) is 0 Å². The maximum Gasteiger partial charge on any atom is 0.435 e. The number of anilines is 1. The SMILES string of the molecule is Cn1nc(NS(C)(=O)=O)c2c(Cl)ccc(-c3ccc(C#C[C@]4(C)CNCCO4)nc3[C@@H](Cc3cc(F)cc(F)c3)C(C(N)=O)n3nc(C(F)(F)F)c4c3C(F)(F)[C@@H]3C[C@H]43)c21. The molecule has 316 valence electrons. The molecule has 1 aliphatic heterocycles. The zero-order chi connectivity index (χ0) is 43.3. The number of hydrogen-bond acceptors (Lipinski definition) is 8. The molecular weight excluding hydrogens is 845 g/mol. The summed E-state index contributed by atoms with van der Waals surface area (Å²) in [5, 5.41) is 11.3. The summed E-state index contributed by atoms with van der Waals surface area (Å²) in [4.78, 5) is 18.7. The predicted octanol–water partition coefficient (Wildman–Crippen LogP) is 6.15. The smallest absolute Gasteiger partial charge is 0.368 e. The molecule has 1 amide bonds. The number of pyridine rings is 1. The van der Waals surface area contributed by atoms with Gasteiger partial charge in [-0.15, -0.1) is 0 Å². The van der Waals surface area contributed by atoms with E-state index in [2.05, 4.69) is 32.1 Å². The zero-order valence-electron chi connectivity index (χ0n) is 31.8. The van der Waals surface area contributed by atoms with Gasteiger partial charge in [0.2, 0.25) is 15.9 Å². The number of aryl methyl sites for hydroxylation is 1. The summed E-state index contributed by atoms with van der Waals surface area (Å²) in [7, 11) is -2.43. The van der Waals surface area contributed by atoms with E-state index in [1.165, 1.54) is 36.0 Å². The largest absolute Gasteiger partial charge is 0.435 e. The summed E-state index contributed by atoms with van der Waals surface area (Å²) in [6, 6.07) is 6.09. The molecular formula is C39H34ClF7N8O4S. The molecule has 4 heterocycles. The first-order valence-electron chi connectivity index (χ1n) is 18.4. The maximum absolute atomic E-state index is 16.2. The lowest BCUT2D eigenvalue weighted by Gasteiger charge is -2.30. The molecule has 2 aliphatic carbocycles. The first kappa shape index (κ1) is 41.5. The summed E-state index contributed by atoms with van der Waals surface area (Å²) in [6.07, 6.45) is -5.17. The monoisotopic (exact) mass is 878 g/mol. The van der Waals surface area contributed by atoms with Crippen LogP contribution in [0.25, 0.3) is 22.0 Å². The Morgan fingerprint density at radius 2 is 1.83 bits per heavy atom. The third kappa shape index (κ3) is 7.45. The van der Waals surface area contributed by atoms with Crippen LogP contribution in [0.3, 0.4) is 0 Å². The minimum Gasteiger partial charge on any atom is -0.368 e. The quantitative estimate of drug-likeness (QED) is 0.118. The number of morpholine rings is 1. The molecule has 0 radical (unpaired) electrons. The fraction of sp³-hybridized carbons (Fsp3) is 0.385. The molecule has 4 N–H and O–H groups in total. The van der Waals surface area contributed by atoms with Crippen LogP contribution in [0.1, 0.15) is 65.1 Å². The van der Waals surface area contributed by atoms with Gasteiger partial charge in [-0.2, -0.15) is 32.1 Å². The van der Waals surface area contributed by atoms with Crippen LogP contribution in [0, 0.1) is 29.4 Å². The minimum absolute atomic E-state index is 0.0192. The third-order valence-electron chi connectivity index (χ3n) is 10.9. The third-order valence-corrected chi connectivity index (χ3v) is 11.8. The van der Waals surface area contributed by atoms with Crippen molar-refractivity contribution < 1.29 is 48.7 Å². The number of fused-ring (bicyclic) bond motifs is 4. The Morgan fingerprint density at radius 3 is 2.47 bits per heavy atom. The molecule has 1 saturated carbocycles. The van der Waals surface area contributed by atoms with Crippen LogP contribution in [-0.2, 0) is 45.1 Å². The first-order valence-corrected chi connectivity index (χ1v) is 20.7. The van der Waals surface area contributed by atoms with Crippen LogP contribution in [0.2, 0.25) is 5.02 Å². The molecule has 5 aromatic rings. The van der Waals surface area contributed by atoms with Crippen molar-refractivity contribution in [3.05, 3.63) is 93.0 Å². The average molecular weight is 879 g/mol. The van der Waals surface area contributed by atoms with E-state index in [9.17, 15) is 35.2 Å². The fourth-order valence-electron chi connectivity index (χ4n) is 8.36. The van der Waals surface area contributed by atoms with Gasteiger partial charge in [-0.05, 0) is 67.5 Å². The van der Waals surface area contributed by atoms with E-state index in [4.69, 9.17) is 27.1 Å². The molecule has 21 heteroatoms. The maximum atomic E-state index is 16.2. The van der Waals surface area contributed by atoms with Crippen LogP contribution in [0.15, 0.2) is 42.5 Å². The van der Waals surface area contributed by atoms with Crippen molar-refractivity contribution in [1.82, 2.24) is 29.9 Å². The van der Waals surface area contributed by atoms with E-state index in [0.717, 1.165) is 18.4 Å². The number of amides is 1. The van der Waals surface area contributed by atoms with Gasteiger partial charge < -0.3 is 15.8 Å². The Balaban J connectivity index is 1.43. The molecule has 2 fully saturated rings. The first-order chi connectivity index (χ1) is 28.1. The Hall–Kier alpha value is -5.23.